The second-order valence-corrected chi connectivity index (χ2v) is 5.15. The second-order valence-electron chi connectivity index (χ2n) is 5.15. The van der Waals surface area contributed by atoms with Gasteiger partial charge >= 0.3 is 5.97 Å². The Bertz CT molecular complexity index is 926. The molecule has 0 unspecified atom stereocenters. The molecule has 120 valence electrons. The van der Waals surface area contributed by atoms with Crippen LogP contribution in [0.25, 0.3) is 22.4 Å². The summed E-state index contributed by atoms with van der Waals surface area (Å²) < 4.78 is 14.0. The van der Waals surface area contributed by atoms with Gasteiger partial charge in [0.1, 0.15) is 18.0 Å². The van der Waals surface area contributed by atoms with Gasteiger partial charge in [0.15, 0.2) is 0 Å². The molecule has 0 spiro atoms. The highest BCUT2D eigenvalue weighted by atomic mass is 19.1. The van der Waals surface area contributed by atoms with Gasteiger partial charge in [-0.3, -0.25) is 0 Å². The molecule has 0 bridgehead atoms. The van der Waals surface area contributed by atoms with Crippen LogP contribution in [0.5, 0.6) is 0 Å². The van der Waals surface area contributed by atoms with E-state index in [1.165, 1.54) is 18.5 Å². The highest BCUT2D eigenvalue weighted by molar-refractivity contribution is 5.89. The highest BCUT2D eigenvalue weighted by Crippen LogP contribution is 2.32. The van der Waals surface area contributed by atoms with Crippen molar-refractivity contribution in [3.63, 3.8) is 0 Å². The molecule has 3 aromatic rings. The van der Waals surface area contributed by atoms with Crippen LogP contribution in [-0.4, -0.2) is 26.0 Å². The molecule has 7 heteroatoms. The highest BCUT2D eigenvalue weighted by Gasteiger charge is 2.16. The Hall–Kier alpha value is -3.35. The lowest BCUT2D eigenvalue weighted by Gasteiger charge is -2.12. The molecule has 0 amide bonds. The first kappa shape index (κ1) is 15.5. The number of aromatic nitrogens is 3. The van der Waals surface area contributed by atoms with Gasteiger partial charge in [-0.15, -0.1) is 0 Å². The molecule has 0 atom stereocenters. The van der Waals surface area contributed by atoms with E-state index in [0.29, 0.717) is 28.3 Å². The monoisotopic (exact) mass is 324 g/mol. The first-order chi connectivity index (χ1) is 11.5. The number of nitrogen functional groups attached to an aromatic ring is 1. The Morgan fingerprint density at radius 1 is 1.12 bits per heavy atom. The number of hydrogen-bond acceptors (Lipinski definition) is 5. The number of rotatable bonds is 3. The summed E-state index contributed by atoms with van der Waals surface area (Å²) in [6, 6.07) is 7.32. The molecule has 2 aromatic heterocycles. The van der Waals surface area contributed by atoms with Crippen LogP contribution in [0.2, 0.25) is 0 Å². The molecule has 6 nitrogen and oxygen atoms in total. The molecule has 0 fully saturated rings. The molecule has 0 saturated carbocycles. The van der Waals surface area contributed by atoms with Crippen LogP contribution in [0.4, 0.5) is 10.2 Å². The maximum Gasteiger partial charge on any atom is 0.338 e. The number of benzene rings is 1. The number of aromatic carboxylic acids is 1. The number of nitrogens with zero attached hydrogens (tertiary/aromatic N) is 3. The van der Waals surface area contributed by atoms with Gasteiger partial charge in [0, 0.05) is 28.6 Å². The second kappa shape index (κ2) is 6.04. The lowest BCUT2D eigenvalue weighted by atomic mass is 9.98. The van der Waals surface area contributed by atoms with E-state index in [1.54, 1.807) is 25.3 Å². The van der Waals surface area contributed by atoms with Crippen molar-refractivity contribution in [1.82, 2.24) is 15.0 Å². The van der Waals surface area contributed by atoms with E-state index in [2.05, 4.69) is 15.0 Å². The van der Waals surface area contributed by atoms with Gasteiger partial charge in [0.05, 0.1) is 11.3 Å². The molecule has 3 N–H and O–H groups in total. The molecular formula is C17H13FN4O2. The van der Waals surface area contributed by atoms with Crippen LogP contribution in [0.15, 0.2) is 42.9 Å². The summed E-state index contributed by atoms with van der Waals surface area (Å²) in [5.41, 5.74) is 8.28. The average molecular weight is 324 g/mol. The molecule has 2 heterocycles. The first-order valence-electron chi connectivity index (χ1n) is 7.04. The van der Waals surface area contributed by atoms with Crippen molar-refractivity contribution in [1.29, 1.82) is 0 Å². The Labute approximate surface area is 136 Å². The zero-order valence-electron chi connectivity index (χ0n) is 12.7. The van der Waals surface area contributed by atoms with E-state index < -0.39 is 11.8 Å². The molecule has 24 heavy (non-hydrogen) atoms. The lowest BCUT2D eigenvalue weighted by Crippen LogP contribution is -2.02. The predicted molar refractivity (Wildman–Crippen MR) is 86.8 cm³/mol. The smallest absolute Gasteiger partial charge is 0.338 e. The fourth-order valence-electron chi connectivity index (χ4n) is 2.43. The molecule has 0 radical (unpaired) electrons. The van der Waals surface area contributed by atoms with E-state index in [1.807, 2.05) is 0 Å². The zero-order chi connectivity index (χ0) is 17.3. The zero-order valence-corrected chi connectivity index (χ0v) is 12.7. The summed E-state index contributed by atoms with van der Waals surface area (Å²) in [7, 11) is 0. The van der Waals surface area contributed by atoms with Crippen molar-refractivity contribution in [2.75, 3.05) is 5.73 Å². The van der Waals surface area contributed by atoms with Gasteiger partial charge in [-0.25, -0.2) is 24.1 Å². The minimum atomic E-state index is -1.32. The quantitative estimate of drug-likeness (QED) is 0.768. The topological polar surface area (TPSA) is 102 Å². The number of carbonyl (C=O) groups is 1. The molecular weight excluding hydrogens is 311 g/mol. The summed E-state index contributed by atoms with van der Waals surface area (Å²) in [4.78, 5) is 23.4. The molecule has 3 rings (SSSR count). The van der Waals surface area contributed by atoms with Crippen molar-refractivity contribution in [2.45, 2.75) is 6.92 Å². The van der Waals surface area contributed by atoms with Crippen LogP contribution in [0.1, 0.15) is 16.1 Å². The summed E-state index contributed by atoms with van der Waals surface area (Å²) in [6.45, 7) is 1.80. The van der Waals surface area contributed by atoms with Crippen molar-refractivity contribution in [3.05, 3.63) is 59.9 Å². The van der Waals surface area contributed by atoms with Crippen molar-refractivity contribution < 1.29 is 14.3 Å². The predicted octanol–water partition coefficient (Wildman–Crippen LogP) is 2.93. The Kier molecular flexibility index (Phi) is 3.91. The third-order valence-corrected chi connectivity index (χ3v) is 3.58. The fourth-order valence-corrected chi connectivity index (χ4v) is 2.43. The summed E-state index contributed by atoms with van der Waals surface area (Å²) >= 11 is 0. The van der Waals surface area contributed by atoms with Crippen molar-refractivity contribution >= 4 is 11.8 Å². The van der Waals surface area contributed by atoms with Crippen molar-refractivity contribution in [2.24, 2.45) is 0 Å². The fraction of sp³-hybridized carbons (Fsp3) is 0.0588. The van der Waals surface area contributed by atoms with E-state index in [9.17, 15) is 9.18 Å². The maximum atomic E-state index is 14.0. The number of nitrogens with two attached hydrogens (primary N) is 1. The van der Waals surface area contributed by atoms with Crippen LogP contribution in [0, 0.1) is 12.7 Å². The average Bonchev–Trinajstić information content (AvgIpc) is 2.55. The minimum Gasteiger partial charge on any atom is -0.478 e. The number of hydrogen-bond donors (Lipinski definition) is 2. The molecule has 0 aliphatic carbocycles. The summed E-state index contributed by atoms with van der Waals surface area (Å²) in [5, 5.41) is 8.94. The van der Waals surface area contributed by atoms with E-state index in [0.717, 1.165) is 11.6 Å². The summed E-state index contributed by atoms with van der Waals surface area (Å²) in [6.07, 6.45) is 2.97. The standard InChI is InChI=1S/C17H13FN4O2/c1-9-15(11-3-5-14(19)20-7-11)16(22-8-21-9)10-2-4-12(17(23)24)13(18)6-10/h2-8H,1H3,(H2,19,20)(H,23,24). The van der Waals surface area contributed by atoms with Gasteiger partial charge in [-0.2, -0.15) is 0 Å². The van der Waals surface area contributed by atoms with Gasteiger partial charge in [0.2, 0.25) is 0 Å². The number of halogens is 1. The van der Waals surface area contributed by atoms with Crippen LogP contribution < -0.4 is 5.73 Å². The van der Waals surface area contributed by atoms with Gasteiger partial charge in [-0.05, 0) is 31.2 Å². The van der Waals surface area contributed by atoms with Crippen LogP contribution >= 0.6 is 0 Å². The van der Waals surface area contributed by atoms with E-state index in [-0.39, 0.29) is 5.56 Å². The van der Waals surface area contributed by atoms with Crippen molar-refractivity contribution in [3.8, 4) is 22.4 Å². The maximum absolute atomic E-state index is 14.0. The number of pyridine rings is 1. The van der Waals surface area contributed by atoms with Gasteiger partial charge in [0.25, 0.3) is 0 Å². The number of anilines is 1. The Morgan fingerprint density at radius 3 is 2.50 bits per heavy atom. The third-order valence-electron chi connectivity index (χ3n) is 3.58. The molecule has 0 saturated heterocycles. The first-order valence-corrected chi connectivity index (χ1v) is 7.04. The van der Waals surface area contributed by atoms with Crippen LogP contribution in [-0.2, 0) is 0 Å². The summed E-state index contributed by atoms with van der Waals surface area (Å²) in [5.74, 6) is -1.76. The number of carboxylic acids is 1. The van der Waals surface area contributed by atoms with Gasteiger partial charge in [-0.1, -0.05) is 6.07 Å². The van der Waals surface area contributed by atoms with E-state index in [4.69, 9.17) is 10.8 Å². The lowest BCUT2D eigenvalue weighted by molar-refractivity contribution is 0.0692. The van der Waals surface area contributed by atoms with E-state index >= 15 is 0 Å². The molecule has 1 aromatic carbocycles. The largest absolute Gasteiger partial charge is 0.478 e. The Balaban J connectivity index is 2.19. The number of carboxylic acid groups (broad SMARTS) is 1. The normalized spacial score (nSPS) is 10.6. The minimum absolute atomic E-state index is 0.381. The SMILES string of the molecule is Cc1ncnc(-c2ccc(C(=O)O)c(F)c2)c1-c1ccc(N)nc1. The third kappa shape index (κ3) is 2.79. The molecule has 0 aliphatic rings. The Morgan fingerprint density at radius 2 is 1.88 bits per heavy atom. The number of aryl methyl sites for hydroxylation is 1. The van der Waals surface area contributed by atoms with Crippen LogP contribution in [0.3, 0.4) is 0 Å². The van der Waals surface area contributed by atoms with Gasteiger partial charge < -0.3 is 10.8 Å². The molecule has 0 aliphatic heterocycles.